The van der Waals surface area contributed by atoms with Crippen LogP contribution in [0.5, 0.6) is 0 Å². The number of carbonyl (C=O) groups excluding carboxylic acids is 2. The maximum atomic E-state index is 12.1. The van der Waals surface area contributed by atoms with Gasteiger partial charge in [0.1, 0.15) is 6.04 Å². The molecule has 2 amide bonds. The molecule has 110 valence electrons. The molecular formula is C14H19ClN2O3. The lowest BCUT2D eigenvalue weighted by molar-refractivity contribution is -0.125. The molecule has 5 nitrogen and oxygen atoms in total. The van der Waals surface area contributed by atoms with Crippen molar-refractivity contribution in [2.45, 2.75) is 18.9 Å². The Morgan fingerprint density at radius 3 is 2.55 bits per heavy atom. The number of likely N-dealkylation sites (N-methyl/N-ethyl adjacent to an activating group) is 2. The predicted octanol–water partition coefficient (Wildman–Crippen LogP) is 2.26. The molecule has 1 aromatic carbocycles. The Labute approximate surface area is 123 Å². The molecule has 0 aliphatic heterocycles. The third kappa shape index (κ3) is 3.63. The van der Waals surface area contributed by atoms with Crippen LogP contribution < -0.4 is 5.32 Å². The summed E-state index contributed by atoms with van der Waals surface area (Å²) in [5.74, 6) is -0.483. The first kappa shape index (κ1) is 16.3. The largest absolute Gasteiger partial charge is 0.453 e. The highest BCUT2D eigenvalue weighted by Gasteiger charge is 2.32. The maximum absolute atomic E-state index is 12.1. The molecule has 1 N–H and O–H groups in total. The molecule has 1 aromatic rings. The Kier molecular flexibility index (Phi) is 5.82. The second kappa shape index (κ2) is 7.14. The summed E-state index contributed by atoms with van der Waals surface area (Å²) in [6.45, 7) is 1.87. The van der Waals surface area contributed by atoms with Crippen LogP contribution in [0.3, 0.4) is 0 Å². The predicted molar refractivity (Wildman–Crippen MR) is 77.9 cm³/mol. The lowest BCUT2D eigenvalue weighted by Crippen LogP contribution is -2.49. The van der Waals surface area contributed by atoms with Crippen LogP contribution in [0.25, 0.3) is 0 Å². The summed E-state index contributed by atoms with van der Waals surface area (Å²) in [4.78, 5) is 25.0. The van der Waals surface area contributed by atoms with Gasteiger partial charge in [0.2, 0.25) is 5.91 Å². The van der Waals surface area contributed by atoms with Gasteiger partial charge >= 0.3 is 6.09 Å². The average molecular weight is 299 g/mol. The third-order valence-electron chi connectivity index (χ3n) is 3.24. The Morgan fingerprint density at radius 1 is 1.40 bits per heavy atom. The topological polar surface area (TPSA) is 58.6 Å². The van der Waals surface area contributed by atoms with E-state index in [1.54, 1.807) is 12.1 Å². The van der Waals surface area contributed by atoms with Crippen LogP contribution in [0.2, 0.25) is 5.02 Å². The molecule has 6 heteroatoms. The fraction of sp³-hybridized carbons (Fsp3) is 0.429. The smallest absolute Gasteiger partial charge is 0.409 e. The van der Waals surface area contributed by atoms with Gasteiger partial charge in [0.05, 0.1) is 7.11 Å². The highest BCUT2D eigenvalue weighted by molar-refractivity contribution is 6.30. The second-order valence-electron chi connectivity index (χ2n) is 4.48. The van der Waals surface area contributed by atoms with Gasteiger partial charge in [-0.2, -0.15) is 0 Å². The van der Waals surface area contributed by atoms with E-state index in [1.807, 2.05) is 19.1 Å². The Hall–Kier alpha value is -1.75. The minimum atomic E-state index is -0.675. The van der Waals surface area contributed by atoms with E-state index in [2.05, 4.69) is 10.1 Å². The van der Waals surface area contributed by atoms with Gasteiger partial charge in [-0.25, -0.2) is 4.79 Å². The summed E-state index contributed by atoms with van der Waals surface area (Å²) < 4.78 is 4.68. The van der Waals surface area contributed by atoms with E-state index in [1.165, 1.54) is 26.1 Å². The maximum Gasteiger partial charge on any atom is 0.409 e. The minimum Gasteiger partial charge on any atom is -0.453 e. The van der Waals surface area contributed by atoms with Crippen LogP contribution in [0.15, 0.2) is 24.3 Å². The van der Waals surface area contributed by atoms with Crippen LogP contribution in [-0.4, -0.2) is 44.1 Å². The number of hydrogen-bond acceptors (Lipinski definition) is 3. The van der Waals surface area contributed by atoms with E-state index in [0.29, 0.717) is 5.02 Å². The molecule has 20 heavy (non-hydrogen) atoms. The van der Waals surface area contributed by atoms with Gasteiger partial charge in [0, 0.05) is 25.0 Å². The first-order valence-corrected chi connectivity index (χ1v) is 6.58. The van der Waals surface area contributed by atoms with Gasteiger partial charge in [0.25, 0.3) is 0 Å². The number of methoxy groups -OCH3 is 1. The lowest BCUT2D eigenvalue weighted by Gasteiger charge is -2.30. The molecule has 0 radical (unpaired) electrons. The van der Waals surface area contributed by atoms with E-state index in [-0.39, 0.29) is 11.8 Å². The van der Waals surface area contributed by atoms with Gasteiger partial charge in [-0.3, -0.25) is 9.69 Å². The summed E-state index contributed by atoms with van der Waals surface area (Å²) in [7, 11) is 4.35. The molecule has 0 heterocycles. The Balaban J connectivity index is 3.10. The number of hydrogen-bond donors (Lipinski definition) is 1. The molecule has 0 fully saturated rings. The van der Waals surface area contributed by atoms with E-state index in [4.69, 9.17) is 11.6 Å². The second-order valence-corrected chi connectivity index (χ2v) is 4.92. The lowest BCUT2D eigenvalue weighted by atomic mass is 9.92. The van der Waals surface area contributed by atoms with E-state index in [9.17, 15) is 9.59 Å². The number of ether oxygens (including phenoxy) is 1. The number of amides is 2. The SMILES string of the molecule is CNC(=O)[C@@H]([C@@H](C)c1cccc(Cl)c1)N(C)C(=O)OC. The molecule has 0 saturated heterocycles. The zero-order valence-corrected chi connectivity index (χ0v) is 12.8. The monoisotopic (exact) mass is 298 g/mol. The first-order chi connectivity index (χ1) is 9.42. The normalized spacial score (nSPS) is 13.2. The number of nitrogens with zero attached hydrogens (tertiary/aromatic N) is 1. The van der Waals surface area contributed by atoms with Crippen LogP contribution in [0.4, 0.5) is 4.79 Å². The van der Waals surface area contributed by atoms with E-state index < -0.39 is 12.1 Å². The van der Waals surface area contributed by atoms with Crippen molar-refractivity contribution in [1.29, 1.82) is 0 Å². The van der Waals surface area contributed by atoms with Crippen molar-refractivity contribution in [3.63, 3.8) is 0 Å². The van der Waals surface area contributed by atoms with Crippen molar-refractivity contribution < 1.29 is 14.3 Å². The average Bonchev–Trinajstić information content (AvgIpc) is 2.45. The zero-order chi connectivity index (χ0) is 15.3. The standard InChI is InChI=1S/C14H19ClN2O3/c1-9(10-6-5-7-11(15)8-10)12(13(18)16-2)17(3)14(19)20-4/h5-9,12H,1-4H3,(H,16,18)/t9-,12+/m0/s1. The Morgan fingerprint density at radius 2 is 2.05 bits per heavy atom. The van der Waals surface area contributed by atoms with Gasteiger partial charge in [-0.15, -0.1) is 0 Å². The van der Waals surface area contributed by atoms with Crippen molar-refractivity contribution >= 4 is 23.6 Å². The first-order valence-electron chi connectivity index (χ1n) is 6.20. The van der Waals surface area contributed by atoms with Crippen LogP contribution >= 0.6 is 11.6 Å². The molecule has 0 spiro atoms. The van der Waals surface area contributed by atoms with Crippen LogP contribution in [-0.2, 0) is 9.53 Å². The highest BCUT2D eigenvalue weighted by Crippen LogP contribution is 2.25. The summed E-state index contributed by atoms with van der Waals surface area (Å²) >= 11 is 5.97. The number of carbonyl (C=O) groups is 2. The molecule has 0 bridgehead atoms. The molecule has 0 saturated carbocycles. The molecule has 2 atom stereocenters. The third-order valence-corrected chi connectivity index (χ3v) is 3.48. The fourth-order valence-corrected chi connectivity index (χ4v) is 2.31. The number of rotatable bonds is 4. The highest BCUT2D eigenvalue weighted by atomic mass is 35.5. The van der Waals surface area contributed by atoms with Crippen LogP contribution in [0, 0.1) is 0 Å². The van der Waals surface area contributed by atoms with Gasteiger partial charge in [-0.05, 0) is 17.7 Å². The number of benzene rings is 1. The summed E-state index contributed by atoms with van der Waals surface area (Å²) in [5.41, 5.74) is 0.877. The van der Waals surface area contributed by atoms with Crippen molar-refractivity contribution in [2.75, 3.05) is 21.2 Å². The molecule has 0 unspecified atom stereocenters. The summed E-state index contributed by atoms with van der Waals surface area (Å²) in [5, 5.41) is 3.16. The number of nitrogens with one attached hydrogen (secondary N) is 1. The summed E-state index contributed by atoms with van der Waals surface area (Å²) in [6.07, 6.45) is -0.563. The molecule has 0 aliphatic rings. The van der Waals surface area contributed by atoms with Crippen molar-refractivity contribution in [3.8, 4) is 0 Å². The molecule has 0 aromatic heterocycles. The van der Waals surface area contributed by atoms with E-state index in [0.717, 1.165) is 5.56 Å². The fourth-order valence-electron chi connectivity index (χ4n) is 2.12. The summed E-state index contributed by atoms with van der Waals surface area (Å²) in [6, 6.07) is 6.56. The minimum absolute atomic E-state index is 0.224. The molecule has 1 rings (SSSR count). The van der Waals surface area contributed by atoms with Gasteiger partial charge in [-0.1, -0.05) is 30.7 Å². The Bertz CT molecular complexity index is 493. The van der Waals surface area contributed by atoms with Gasteiger partial charge in [0.15, 0.2) is 0 Å². The number of halogens is 1. The van der Waals surface area contributed by atoms with Crippen molar-refractivity contribution in [1.82, 2.24) is 10.2 Å². The van der Waals surface area contributed by atoms with Gasteiger partial charge < -0.3 is 10.1 Å². The van der Waals surface area contributed by atoms with Crippen LogP contribution in [0.1, 0.15) is 18.4 Å². The van der Waals surface area contributed by atoms with Crippen molar-refractivity contribution in [3.05, 3.63) is 34.9 Å². The molecule has 0 aliphatic carbocycles. The quantitative estimate of drug-likeness (QED) is 0.927. The zero-order valence-electron chi connectivity index (χ0n) is 12.0. The van der Waals surface area contributed by atoms with E-state index >= 15 is 0 Å². The van der Waals surface area contributed by atoms with Crippen molar-refractivity contribution in [2.24, 2.45) is 0 Å². The molecular weight excluding hydrogens is 280 g/mol.